The van der Waals surface area contributed by atoms with Crippen LogP contribution >= 0.6 is 23.4 Å². The van der Waals surface area contributed by atoms with E-state index in [0.717, 1.165) is 26.8 Å². The number of rotatable bonds is 4. The van der Waals surface area contributed by atoms with Crippen LogP contribution in [0.3, 0.4) is 0 Å². The molecule has 21 heavy (non-hydrogen) atoms. The minimum Gasteiger partial charge on any atom is -0.383 e. The van der Waals surface area contributed by atoms with Crippen molar-refractivity contribution in [1.29, 1.82) is 0 Å². The van der Waals surface area contributed by atoms with Crippen molar-refractivity contribution in [3.8, 4) is 0 Å². The fourth-order valence-electron chi connectivity index (χ4n) is 1.93. The molecule has 0 aromatic heterocycles. The first-order valence-corrected chi connectivity index (χ1v) is 7.90. The highest BCUT2D eigenvalue weighted by molar-refractivity contribution is 8.00. The first-order chi connectivity index (χ1) is 9.88. The minimum atomic E-state index is -0.150. The molecule has 0 atom stereocenters. The number of hydrogen-bond acceptors (Lipinski definition) is 4. The van der Waals surface area contributed by atoms with Crippen LogP contribution < -0.4 is 5.43 Å². The molecule has 2 rings (SSSR count). The molecule has 0 saturated heterocycles. The van der Waals surface area contributed by atoms with Crippen LogP contribution in [-0.4, -0.2) is 36.4 Å². The Labute approximate surface area is 134 Å². The van der Waals surface area contributed by atoms with E-state index in [4.69, 9.17) is 11.6 Å². The first-order valence-electron chi connectivity index (χ1n) is 6.53. The molecule has 1 aromatic carbocycles. The lowest BCUT2D eigenvalue weighted by Gasteiger charge is -2.10. The molecule has 0 radical (unpaired) electrons. The zero-order valence-electron chi connectivity index (χ0n) is 12.5. The number of aryl methyl sites for hydroxylation is 2. The Hall–Kier alpha value is -1.46. The van der Waals surface area contributed by atoms with Gasteiger partial charge in [0.15, 0.2) is 0 Å². The van der Waals surface area contributed by atoms with Gasteiger partial charge < -0.3 is 4.90 Å². The second kappa shape index (κ2) is 6.54. The molecule has 0 saturated carbocycles. The topological polar surface area (TPSA) is 44.7 Å². The lowest BCUT2D eigenvalue weighted by Crippen LogP contribution is -2.17. The summed E-state index contributed by atoms with van der Waals surface area (Å²) in [6, 6.07) is 4.04. The van der Waals surface area contributed by atoms with Crippen molar-refractivity contribution in [3.05, 3.63) is 40.1 Å². The molecule has 1 aliphatic rings. The summed E-state index contributed by atoms with van der Waals surface area (Å²) in [4.78, 5) is 14.8. The Kier molecular flexibility index (Phi) is 4.96. The van der Waals surface area contributed by atoms with E-state index in [0.29, 0.717) is 11.3 Å². The van der Waals surface area contributed by atoms with Crippen LogP contribution in [0, 0.1) is 13.8 Å². The maximum Gasteiger partial charge on any atom is 0.274 e. The molecule has 0 unspecified atom stereocenters. The van der Waals surface area contributed by atoms with Gasteiger partial charge in [-0.05, 0) is 37.1 Å². The van der Waals surface area contributed by atoms with E-state index in [1.54, 1.807) is 18.0 Å². The Bertz CT molecular complexity index is 638. The highest BCUT2D eigenvalue weighted by Crippen LogP contribution is 2.29. The van der Waals surface area contributed by atoms with Crippen molar-refractivity contribution >= 4 is 35.0 Å². The molecule has 1 heterocycles. The monoisotopic (exact) mass is 323 g/mol. The molecule has 0 bridgehead atoms. The third-order valence-electron chi connectivity index (χ3n) is 3.06. The van der Waals surface area contributed by atoms with Gasteiger partial charge in [-0.2, -0.15) is 5.10 Å². The van der Waals surface area contributed by atoms with Gasteiger partial charge in [-0.15, -0.1) is 11.8 Å². The summed E-state index contributed by atoms with van der Waals surface area (Å²) in [6.45, 7) is 4.02. The molecule has 112 valence electrons. The van der Waals surface area contributed by atoms with E-state index in [9.17, 15) is 4.79 Å². The summed E-state index contributed by atoms with van der Waals surface area (Å²) in [6.07, 6.45) is 1.79. The van der Waals surface area contributed by atoms with Gasteiger partial charge in [-0.3, -0.25) is 4.79 Å². The number of carbonyl (C=O) groups is 1. The Balaban J connectivity index is 2.13. The number of halogens is 1. The van der Waals surface area contributed by atoms with Crippen molar-refractivity contribution in [3.63, 3.8) is 0 Å². The quantitative estimate of drug-likeness (QED) is 0.684. The molecule has 1 aliphatic heterocycles. The Morgan fingerprint density at radius 2 is 2.05 bits per heavy atom. The minimum absolute atomic E-state index is 0.150. The number of benzene rings is 1. The summed E-state index contributed by atoms with van der Waals surface area (Å²) in [5, 5.41) is 4.89. The van der Waals surface area contributed by atoms with Crippen molar-refractivity contribution in [1.82, 2.24) is 10.3 Å². The smallest absolute Gasteiger partial charge is 0.274 e. The van der Waals surface area contributed by atoms with Gasteiger partial charge in [0.1, 0.15) is 0 Å². The Morgan fingerprint density at radius 3 is 2.71 bits per heavy atom. The molecule has 0 aliphatic carbocycles. The van der Waals surface area contributed by atoms with Crippen molar-refractivity contribution < 1.29 is 4.79 Å². The lowest BCUT2D eigenvalue weighted by molar-refractivity contribution is -0.116. The molecule has 1 aromatic rings. The number of carbonyl (C=O) groups excluding carboxylic acids is 1. The van der Waals surface area contributed by atoms with Gasteiger partial charge >= 0.3 is 0 Å². The first kappa shape index (κ1) is 15.9. The van der Waals surface area contributed by atoms with Gasteiger partial charge in [0.05, 0.1) is 11.3 Å². The van der Waals surface area contributed by atoms with Crippen LogP contribution in [0.1, 0.15) is 11.1 Å². The molecule has 1 amide bonds. The maximum absolute atomic E-state index is 11.7. The largest absolute Gasteiger partial charge is 0.383 e. The molecule has 1 N–H and O–H groups in total. The van der Waals surface area contributed by atoms with Gasteiger partial charge in [-0.25, -0.2) is 5.43 Å². The Morgan fingerprint density at radius 1 is 1.33 bits per heavy atom. The number of thioether (sulfide) groups is 1. The number of hydrazone groups is 1. The summed E-state index contributed by atoms with van der Waals surface area (Å²) >= 11 is 7.77. The predicted molar refractivity (Wildman–Crippen MR) is 89.0 cm³/mol. The summed E-state index contributed by atoms with van der Waals surface area (Å²) < 4.78 is 0. The van der Waals surface area contributed by atoms with E-state index in [1.807, 2.05) is 38.9 Å². The lowest BCUT2D eigenvalue weighted by atomic mass is 10.2. The molecule has 6 heteroatoms. The third kappa shape index (κ3) is 3.80. The normalized spacial score (nSPS) is 16.1. The summed E-state index contributed by atoms with van der Waals surface area (Å²) in [7, 11) is 3.77. The van der Waals surface area contributed by atoms with E-state index in [1.165, 1.54) is 0 Å². The number of hydrogen-bond donors (Lipinski definition) is 1. The highest BCUT2D eigenvalue weighted by atomic mass is 35.5. The van der Waals surface area contributed by atoms with Gasteiger partial charge in [0, 0.05) is 36.0 Å². The van der Waals surface area contributed by atoms with E-state index >= 15 is 0 Å². The molecule has 4 nitrogen and oxygen atoms in total. The predicted octanol–water partition coefficient (Wildman–Crippen LogP) is 2.98. The zero-order valence-corrected chi connectivity index (χ0v) is 14.1. The van der Waals surface area contributed by atoms with E-state index in [2.05, 4.69) is 16.6 Å². The van der Waals surface area contributed by atoms with Crippen molar-refractivity contribution in [2.24, 2.45) is 5.10 Å². The average Bonchev–Trinajstić information content (AvgIpc) is 2.73. The summed E-state index contributed by atoms with van der Waals surface area (Å²) in [5.41, 5.74) is 6.09. The standard InChI is InChI=1S/C15H18ClN3OS/c1-9-6-14(10(2)5-12(9)16)21-8-13-11(7-19(3)4)15(20)18-17-13/h5-7H,8H2,1-4H3,(H,18,20). The van der Waals surface area contributed by atoms with E-state index in [-0.39, 0.29) is 5.91 Å². The molecular weight excluding hydrogens is 306 g/mol. The molecular formula is C15H18ClN3OS. The molecule has 0 fully saturated rings. The van der Waals surface area contributed by atoms with Crippen LogP contribution in [0.25, 0.3) is 0 Å². The summed E-state index contributed by atoms with van der Waals surface area (Å²) in [5.74, 6) is 0.489. The van der Waals surface area contributed by atoms with Crippen molar-refractivity contribution in [2.75, 3.05) is 19.8 Å². The molecule has 0 spiro atoms. The number of amides is 1. The second-order valence-corrected chi connectivity index (χ2v) is 6.59. The zero-order chi connectivity index (χ0) is 15.6. The van der Waals surface area contributed by atoms with Crippen LogP contribution in [0.15, 0.2) is 33.9 Å². The fourth-order valence-corrected chi connectivity index (χ4v) is 3.20. The average molecular weight is 324 g/mol. The van der Waals surface area contributed by atoms with Crippen LogP contribution in [0.5, 0.6) is 0 Å². The van der Waals surface area contributed by atoms with Crippen molar-refractivity contribution in [2.45, 2.75) is 18.7 Å². The fraction of sp³-hybridized carbons (Fsp3) is 0.333. The van der Waals surface area contributed by atoms with Crippen LogP contribution in [-0.2, 0) is 4.79 Å². The maximum atomic E-state index is 11.7. The highest BCUT2D eigenvalue weighted by Gasteiger charge is 2.23. The number of nitrogens with one attached hydrogen (secondary N) is 1. The number of nitrogens with zero attached hydrogens (tertiary/aromatic N) is 2. The van der Waals surface area contributed by atoms with Gasteiger partial charge in [0.2, 0.25) is 0 Å². The van der Waals surface area contributed by atoms with Crippen LogP contribution in [0.4, 0.5) is 0 Å². The SMILES string of the molecule is Cc1cc(SCC2=NNC(=O)C2=CN(C)C)c(C)cc1Cl. The van der Waals surface area contributed by atoms with Gasteiger partial charge in [-0.1, -0.05) is 11.6 Å². The van der Waals surface area contributed by atoms with Crippen LogP contribution in [0.2, 0.25) is 5.02 Å². The van der Waals surface area contributed by atoms with E-state index < -0.39 is 0 Å². The van der Waals surface area contributed by atoms with Gasteiger partial charge in [0.25, 0.3) is 5.91 Å². The third-order valence-corrected chi connectivity index (χ3v) is 4.63. The second-order valence-electron chi connectivity index (χ2n) is 5.16.